The summed E-state index contributed by atoms with van der Waals surface area (Å²) < 4.78 is 52.7. The van der Waals surface area contributed by atoms with Gasteiger partial charge in [0.2, 0.25) is 15.9 Å². The third-order valence-electron chi connectivity index (χ3n) is 5.74. The molecule has 0 saturated carbocycles. The van der Waals surface area contributed by atoms with E-state index in [1.165, 1.54) is 39.9 Å². The molecule has 4 rings (SSSR count). The molecule has 1 N–H and O–H groups in total. The predicted molar refractivity (Wildman–Crippen MR) is 129 cm³/mol. The highest BCUT2D eigenvalue weighted by molar-refractivity contribution is 7.93. The SMILES string of the molecule is Cc1cc(C)c2sc(NC(=O)C3CCN(S(=O)(=O)c4ccccc4S(C)(=O)=O)CC3)nc2c1. The molecule has 0 spiro atoms. The predicted octanol–water partition coefficient (Wildman–Crippen LogP) is 3.36. The summed E-state index contributed by atoms with van der Waals surface area (Å²) in [6.07, 6.45) is 1.67. The summed E-state index contributed by atoms with van der Waals surface area (Å²) in [6, 6.07) is 9.65. The average Bonchev–Trinajstić information content (AvgIpc) is 3.16. The van der Waals surface area contributed by atoms with Crippen LogP contribution in [0.2, 0.25) is 0 Å². The number of anilines is 1. The Labute approximate surface area is 197 Å². The van der Waals surface area contributed by atoms with Crippen LogP contribution in [0, 0.1) is 19.8 Å². The number of aryl methyl sites for hydroxylation is 2. The third-order valence-corrected chi connectivity index (χ3v) is 10.1. The summed E-state index contributed by atoms with van der Waals surface area (Å²) >= 11 is 1.42. The molecule has 0 bridgehead atoms. The van der Waals surface area contributed by atoms with Gasteiger partial charge in [0.15, 0.2) is 15.0 Å². The van der Waals surface area contributed by atoms with Gasteiger partial charge in [-0.2, -0.15) is 4.31 Å². The number of aromatic nitrogens is 1. The lowest BCUT2D eigenvalue weighted by Crippen LogP contribution is -2.41. The van der Waals surface area contributed by atoms with E-state index >= 15 is 0 Å². The molecule has 0 aliphatic carbocycles. The van der Waals surface area contributed by atoms with E-state index in [4.69, 9.17) is 0 Å². The molecule has 11 heteroatoms. The maximum absolute atomic E-state index is 13.1. The Morgan fingerprint density at radius 1 is 1.06 bits per heavy atom. The van der Waals surface area contributed by atoms with Crippen LogP contribution in [0.25, 0.3) is 10.2 Å². The van der Waals surface area contributed by atoms with Gasteiger partial charge in [-0.15, -0.1) is 0 Å². The number of sulfonamides is 1. The van der Waals surface area contributed by atoms with Crippen molar-refractivity contribution in [1.29, 1.82) is 0 Å². The van der Waals surface area contributed by atoms with Crippen molar-refractivity contribution in [2.75, 3.05) is 24.7 Å². The molecule has 33 heavy (non-hydrogen) atoms. The number of benzene rings is 2. The number of hydrogen-bond donors (Lipinski definition) is 1. The summed E-state index contributed by atoms with van der Waals surface area (Å²) in [7, 11) is -7.70. The molecule has 1 saturated heterocycles. The van der Waals surface area contributed by atoms with E-state index in [0.717, 1.165) is 27.6 Å². The molecular weight excluding hydrogens is 482 g/mol. The highest BCUT2D eigenvalue weighted by Gasteiger charge is 2.34. The second-order valence-electron chi connectivity index (χ2n) is 8.34. The van der Waals surface area contributed by atoms with E-state index in [2.05, 4.69) is 16.4 Å². The van der Waals surface area contributed by atoms with Crippen LogP contribution in [0.4, 0.5) is 5.13 Å². The standard InChI is InChI=1S/C22H25N3O5S3/c1-14-12-15(2)20-17(13-14)23-22(31-20)24-21(26)16-8-10-25(11-9-16)33(29,30)19-7-5-4-6-18(19)32(3,27)28/h4-7,12-13,16H,8-11H2,1-3H3,(H,23,24,26). The second kappa shape index (κ2) is 8.79. The molecular formula is C22H25N3O5S3. The zero-order valence-corrected chi connectivity index (χ0v) is 21.0. The minimum absolute atomic E-state index is 0.136. The van der Waals surface area contributed by atoms with Crippen LogP contribution >= 0.6 is 11.3 Å². The smallest absolute Gasteiger partial charge is 0.244 e. The Kier molecular flexibility index (Phi) is 6.34. The first-order valence-corrected chi connectivity index (χ1v) is 14.6. The lowest BCUT2D eigenvalue weighted by atomic mass is 9.97. The molecule has 3 aromatic rings. The Morgan fingerprint density at radius 3 is 2.33 bits per heavy atom. The van der Waals surface area contributed by atoms with Crippen molar-refractivity contribution in [3.05, 3.63) is 47.5 Å². The minimum Gasteiger partial charge on any atom is -0.302 e. The largest absolute Gasteiger partial charge is 0.302 e. The molecule has 1 aromatic heterocycles. The molecule has 0 radical (unpaired) electrons. The Hall–Kier alpha value is -2.34. The van der Waals surface area contributed by atoms with Crippen LogP contribution in [-0.2, 0) is 24.7 Å². The van der Waals surface area contributed by atoms with Crippen molar-refractivity contribution in [3.63, 3.8) is 0 Å². The molecule has 2 heterocycles. The van der Waals surface area contributed by atoms with E-state index in [9.17, 15) is 21.6 Å². The third kappa shape index (κ3) is 4.81. The van der Waals surface area contributed by atoms with Crippen molar-refractivity contribution < 1.29 is 21.6 Å². The fourth-order valence-corrected chi connectivity index (χ4v) is 8.09. The number of amides is 1. The van der Waals surface area contributed by atoms with Gasteiger partial charge < -0.3 is 5.32 Å². The number of nitrogens with zero attached hydrogens (tertiary/aromatic N) is 2. The van der Waals surface area contributed by atoms with Crippen LogP contribution in [0.15, 0.2) is 46.2 Å². The molecule has 1 fully saturated rings. The summed E-state index contributed by atoms with van der Waals surface area (Å²) in [5.74, 6) is -0.534. The molecule has 2 aromatic carbocycles. The number of nitrogens with one attached hydrogen (secondary N) is 1. The van der Waals surface area contributed by atoms with E-state index in [0.29, 0.717) is 18.0 Å². The summed E-state index contributed by atoms with van der Waals surface area (Å²) in [5.41, 5.74) is 3.06. The van der Waals surface area contributed by atoms with Crippen molar-refractivity contribution in [2.24, 2.45) is 5.92 Å². The van der Waals surface area contributed by atoms with Gasteiger partial charge in [-0.3, -0.25) is 4.79 Å². The number of sulfone groups is 1. The number of carbonyl (C=O) groups excluding carboxylic acids is 1. The minimum atomic E-state index is -4.00. The van der Waals surface area contributed by atoms with Gasteiger partial charge in [-0.05, 0) is 56.0 Å². The summed E-state index contributed by atoms with van der Waals surface area (Å²) in [5, 5.41) is 3.41. The lowest BCUT2D eigenvalue weighted by Gasteiger charge is -2.30. The highest BCUT2D eigenvalue weighted by atomic mass is 32.2. The molecule has 176 valence electrons. The lowest BCUT2D eigenvalue weighted by molar-refractivity contribution is -0.120. The van der Waals surface area contributed by atoms with Crippen LogP contribution in [0.3, 0.4) is 0 Å². The van der Waals surface area contributed by atoms with Gasteiger partial charge >= 0.3 is 0 Å². The highest BCUT2D eigenvalue weighted by Crippen LogP contribution is 2.32. The van der Waals surface area contributed by atoms with E-state index in [1.807, 2.05) is 19.9 Å². The Bertz CT molecular complexity index is 1440. The van der Waals surface area contributed by atoms with Crippen LogP contribution < -0.4 is 5.32 Å². The first kappa shape index (κ1) is 23.8. The van der Waals surface area contributed by atoms with Gasteiger partial charge in [0, 0.05) is 25.3 Å². The zero-order valence-electron chi connectivity index (χ0n) is 18.5. The topological polar surface area (TPSA) is 114 Å². The molecule has 1 amide bonds. The van der Waals surface area contributed by atoms with Crippen LogP contribution in [0.5, 0.6) is 0 Å². The fraction of sp³-hybridized carbons (Fsp3) is 0.364. The van der Waals surface area contributed by atoms with Gasteiger partial charge in [0.1, 0.15) is 4.90 Å². The number of carbonyl (C=O) groups is 1. The molecule has 1 aliphatic heterocycles. The van der Waals surface area contributed by atoms with E-state index in [1.54, 1.807) is 0 Å². The van der Waals surface area contributed by atoms with Gasteiger partial charge in [0.25, 0.3) is 0 Å². The monoisotopic (exact) mass is 507 g/mol. The number of piperidine rings is 1. The van der Waals surface area contributed by atoms with Gasteiger partial charge in [-0.1, -0.05) is 29.5 Å². The van der Waals surface area contributed by atoms with Crippen molar-refractivity contribution in [3.8, 4) is 0 Å². The first-order valence-electron chi connectivity index (χ1n) is 10.4. The maximum atomic E-state index is 13.1. The number of rotatable bonds is 5. The summed E-state index contributed by atoms with van der Waals surface area (Å²) in [6.45, 7) is 4.28. The van der Waals surface area contributed by atoms with Crippen LogP contribution in [0.1, 0.15) is 24.0 Å². The normalized spacial score (nSPS) is 16.2. The van der Waals surface area contributed by atoms with Crippen LogP contribution in [-0.4, -0.2) is 51.4 Å². The maximum Gasteiger partial charge on any atom is 0.244 e. The number of thiazole rings is 1. The molecule has 0 unspecified atom stereocenters. The van der Waals surface area contributed by atoms with Crippen molar-refractivity contribution in [2.45, 2.75) is 36.5 Å². The Balaban J connectivity index is 1.46. The van der Waals surface area contributed by atoms with Gasteiger partial charge in [-0.25, -0.2) is 21.8 Å². The fourth-order valence-electron chi connectivity index (χ4n) is 4.10. The molecule has 0 atom stereocenters. The van der Waals surface area contributed by atoms with E-state index in [-0.39, 0.29) is 34.7 Å². The number of hydrogen-bond acceptors (Lipinski definition) is 7. The van der Waals surface area contributed by atoms with E-state index < -0.39 is 19.9 Å². The number of fused-ring (bicyclic) bond motifs is 1. The van der Waals surface area contributed by atoms with Crippen molar-refractivity contribution >= 4 is 52.5 Å². The second-order valence-corrected chi connectivity index (χ2v) is 13.2. The van der Waals surface area contributed by atoms with Gasteiger partial charge in [0.05, 0.1) is 15.1 Å². The molecule has 1 aliphatic rings. The van der Waals surface area contributed by atoms with Crippen molar-refractivity contribution in [1.82, 2.24) is 9.29 Å². The zero-order chi connectivity index (χ0) is 24.0. The summed E-state index contributed by atoms with van der Waals surface area (Å²) in [4.78, 5) is 16.9. The average molecular weight is 508 g/mol. The quantitative estimate of drug-likeness (QED) is 0.567. The Morgan fingerprint density at radius 2 is 1.70 bits per heavy atom. The first-order chi connectivity index (χ1) is 15.5. The molecule has 8 nitrogen and oxygen atoms in total.